The van der Waals surface area contributed by atoms with Gasteiger partial charge in [-0.15, -0.1) is 0 Å². The Hall–Kier alpha value is -1.88. The van der Waals surface area contributed by atoms with E-state index in [1.54, 1.807) is 44.2 Å². The second-order valence-electron chi connectivity index (χ2n) is 4.96. The smallest absolute Gasteiger partial charge is 0.253 e. The topological polar surface area (TPSA) is 55.1 Å². The highest BCUT2D eigenvalue weighted by atomic mass is 79.9. The summed E-state index contributed by atoms with van der Waals surface area (Å²) in [6, 6.07) is 8.58. The van der Waals surface area contributed by atoms with Gasteiger partial charge in [-0.3, -0.25) is 4.79 Å². The van der Waals surface area contributed by atoms with Crippen molar-refractivity contribution in [2.75, 3.05) is 5.73 Å². The van der Waals surface area contributed by atoms with Crippen molar-refractivity contribution in [1.29, 1.82) is 0 Å². The Balaban J connectivity index is 2.13. The van der Waals surface area contributed by atoms with Gasteiger partial charge in [0.2, 0.25) is 0 Å². The van der Waals surface area contributed by atoms with Crippen LogP contribution in [0.2, 0.25) is 0 Å². The molecule has 3 nitrogen and oxygen atoms in total. The third-order valence-corrected chi connectivity index (χ3v) is 3.70. The second kappa shape index (κ2) is 6.26. The molecule has 0 aliphatic carbocycles. The van der Waals surface area contributed by atoms with Crippen LogP contribution in [0.25, 0.3) is 0 Å². The normalized spacial score (nSPS) is 10.5. The van der Waals surface area contributed by atoms with Gasteiger partial charge in [-0.25, -0.2) is 4.39 Å². The van der Waals surface area contributed by atoms with Crippen LogP contribution in [0.1, 0.15) is 27.0 Å². The average molecular weight is 351 g/mol. The Bertz CT molecular complexity index is 678. The van der Waals surface area contributed by atoms with E-state index in [1.165, 1.54) is 0 Å². The van der Waals surface area contributed by atoms with Crippen molar-refractivity contribution in [2.24, 2.45) is 0 Å². The zero-order chi connectivity index (χ0) is 15.6. The lowest BCUT2D eigenvalue weighted by molar-refractivity contribution is 0.0951. The minimum atomic E-state index is -0.256. The molecule has 0 atom stereocenters. The van der Waals surface area contributed by atoms with Crippen LogP contribution in [0.4, 0.5) is 10.1 Å². The molecule has 2 aromatic rings. The number of nitrogens with one attached hydrogen (secondary N) is 1. The fourth-order valence-corrected chi connectivity index (χ4v) is 2.50. The highest BCUT2D eigenvalue weighted by molar-refractivity contribution is 9.10. The number of benzene rings is 2. The first kappa shape index (κ1) is 15.5. The van der Waals surface area contributed by atoms with Gasteiger partial charge in [0, 0.05) is 16.7 Å². The monoisotopic (exact) mass is 350 g/mol. The molecule has 0 aliphatic heterocycles. The van der Waals surface area contributed by atoms with Crippen molar-refractivity contribution in [2.45, 2.75) is 20.4 Å². The standard InChI is InChI=1S/C16H16BrFN2O/c1-9-5-11(6-10(2)15(9)18)8-20-16(21)13-7-12(17)3-4-14(13)19/h3-7H,8,19H2,1-2H3,(H,20,21). The molecule has 0 radical (unpaired) electrons. The van der Waals surface area contributed by atoms with Gasteiger partial charge in [0.15, 0.2) is 0 Å². The zero-order valence-corrected chi connectivity index (χ0v) is 13.4. The molecule has 0 heterocycles. The highest BCUT2D eigenvalue weighted by Crippen LogP contribution is 2.19. The van der Waals surface area contributed by atoms with Crippen molar-refractivity contribution < 1.29 is 9.18 Å². The number of anilines is 1. The highest BCUT2D eigenvalue weighted by Gasteiger charge is 2.11. The van der Waals surface area contributed by atoms with Crippen molar-refractivity contribution >= 4 is 27.5 Å². The van der Waals surface area contributed by atoms with Gasteiger partial charge in [-0.05, 0) is 48.7 Å². The van der Waals surface area contributed by atoms with E-state index in [0.29, 0.717) is 28.9 Å². The zero-order valence-electron chi connectivity index (χ0n) is 11.8. The number of rotatable bonds is 3. The van der Waals surface area contributed by atoms with E-state index in [0.717, 1.165) is 10.0 Å². The molecule has 0 saturated carbocycles. The summed E-state index contributed by atoms with van der Waals surface area (Å²) in [7, 11) is 0. The van der Waals surface area contributed by atoms with Crippen LogP contribution >= 0.6 is 15.9 Å². The van der Waals surface area contributed by atoms with Gasteiger partial charge < -0.3 is 11.1 Å². The van der Waals surface area contributed by atoms with Crippen molar-refractivity contribution in [3.8, 4) is 0 Å². The Morgan fingerprint density at radius 2 is 1.86 bits per heavy atom. The molecule has 3 N–H and O–H groups in total. The van der Waals surface area contributed by atoms with Crippen molar-refractivity contribution in [1.82, 2.24) is 5.32 Å². The van der Waals surface area contributed by atoms with E-state index in [4.69, 9.17) is 5.73 Å². The molecule has 0 spiro atoms. The number of hydrogen-bond acceptors (Lipinski definition) is 2. The first-order valence-corrected chi connectivity index (χ1v) is 7.26. The van der Waals surface area contributed by atoms with Crippen LogP contribution in [0.3, 0.4) is 0 Å². The van der Waals surface area contributed by atoms with Gasteiger partial charge >= 0.3 is 0 Å². The lowest BCUT2D eigenvalue weighted by Crippen LogP contribution is -2.24. The molecule has 0 saturated heterocycles. The number of nitrogen functional groups attached to an aromatic ring is 1. The number of halogens is 2. The van der Waals surface area contributed by atoms with Gasteiger partial charge in [-0.2, -0.15) is 0 Å². The summed E-state index contributed by atoms with van der Waals surface area (Å²) in [6.45, 7) is 3.74. The van der Waals surface area contributed by atoms with Crippen LogP contribution in [-0.4, -0.2) is 5.91 Å². The van der Waals surface area contributed by atoms with Crippen LogP contribution in [0.15, 0.2) is 34.8 Å². The summed E-state index contributed by atoms with van der Waals surface area (Å²) in [5, 5.41) is 2.79. The summed E-state index contributed by atoms with van der Waals surface area (Å²) < 4.78 is 14.4. The molecule has 0 aliphatic rings. The van der Waals surface area contributed by atoms with E-state index >= 15 is 0 Å². The maximum atomic E-state index is 13.6. The molecule has 5 heteroatoms. The lowest BCUT2D eigenvalue weighted by atomic mass is 10.1. The first-order valence-electron chi connectivity index (χ1n) is 6.47. The summed E-state index contributed by atoms with van der Waals surface area (Å²) in [5.74, 6) is -0.463. The Morgan fingerprint density at radius 1 is 1.24 bits per heavy atom. The number of hydrogen-bond donors (Lipinski definition) is 2. The number of amides is 1. The van der Waals surface area contributed by atoms with Gasteiger partial charge in [0.25, 0.3) is 5.91 Å². The summed E-state index contributed by atoms with van der Waals surface area (Å²) in [4.78, 5) is 12.1. The summed E-state index contributed by atoms with van der Waals surface area (Å²) in [5.41, 5.74) is 8.63. The summed E-state index contributed by atoms with van der Waals surface area (Å²) >= 11 is 3.31. The molecule has 0 bridgehead atoms. The van der Waals surface area contributed by atoms with Crippen LogP contribution in [0.5, 0.6) is 0 Å². The van der Waals surface area contributed by atoms with Gasteiger partial charge in [-0.1, -0.05) is 28.1 Å². The maximum Gasteiger partial charge on any atom is 0.253 e. The number of carbonyl (C=O) groups is 1. The van der Waals surface area contributed by atoms with Crippen molar-refractivity contribution in [3.63, 3.8) is 0 Å². The largest absolute Gasteiger partial charge is 0.398 e. The third kappa shape index (κ3) is 3.61. The van der Waals surface area contributed by atoms with E-state index < -0.39 is 0 Å². The molecule has 0 unspecified atom stereocenters. The fraction of sp³-hybridized carbons (Fsp3) is 0.188. The third-order valence-electron chi connectivity index (χ3n) is 3.21. The quantitative estimate of drug-likeness (QED) is 0.829. The maximum absolute atomic E-state index is 13.6. The Labute approximate surface area is 131 Å². The molecular weight excluding hydrogens is 335 g/mol. The predicted molar refractivity (Wildman–Crippen MR) is 85.6 cm³/mol. The second-order valence-corrected chi connectivity index (χ2v) is 5.87. The summed E-state index contributed by atoms with van der Waals surface area (Å²) in [6.07, 6.45) is 0. The molecule has 110 valence electrons. The molecule has 2 aromatic carbocycles. The van der Waals surface area contributed by atoms with E-state index in [1.807, 2.05) is 0 Å². The Kier molecular flexibility index (Phi) is 4.63. The first-order chi connectivity index (χ1) is 9.88. The minimum Gasteiger partial charge on any atom is -0.398 e. The van der Waals surface area contributed by atoms with Gasteiger partial charge in [0.1, 0.15) is 5.82 Å². The molecular formula is C16H16BrFN2O. The number of carbonyl (C=O) groups excluding carboxylic acids is 1. The molecule has 2 rings (SSSR count). The van der Waals surface area contributed by atoms with Crippen LogP contribution in [-0.2, 0) is 6.54 Å². The fourth-order valence-electron chi connectivity index (χ4n) is 2.14. The molecule has 0 aromatic heterocycles. The number of aryl methyl sites for hydroxylation is 2. The lowest BCUT2D eigenvalue weighted by Gasteiger charge is -2.10. The van der Waals surface area contributed by atoms with Crippen LogP contribution in [0, 0.1) is 19.7 Å². The molecule has 1 amide bonds. The van der Waals surface area contributed by atoms with E-state index in [9.17, 15) is 9.18 Å². The number of nitrogens with two attached hydrogens (primary N) is 1. The van der Waals surface area contributed by atoms with Gasteiger partial charge in [0.05, 0.1) is 5.56 Å². The van der Waals surface area contributed by atoms with Crippen molar-refractivity contribution in [3.05, 3.63) is 62.9 Å². The Morgan fingerprint density at radius 3 is 2.48 bits per heavy atom. The van der Waals surface area contributed by atoms with Crippen LogP contribution < -0.4 is 11.1 Å². The van der Waals surface area contributed by atoms with E-state index in [-0.39, 0.29) is 11.7 Å². The predicted octanol–water partition coefficient (Wildman–Crippen LogP) is 3.72. The average Bonchev–Trinajstić information content (AvgIpc) is 2.44. The molecule has 21 heavy (non-hydrogen) atoms. The minimum absolute atomic E-state index is 0.207. The SMILES string of the molecule is Cc1cc(CNC(=O)c2cc(Br)ccc2N)cc(C)c1F. The van der Waals surface area contributed by atoms with E-state index in [2.05, 4.69) is 21.2 Å². The molecule has 0 fully saturated rings.